The fourth-order valence-corrected chi connectivity index (χ4v) is 3.82. The Morgan fingerprint density at radius 2 is 1.75 bits per heavy atom. The third-order valence-electron chi connectivity index (χ3n) is 4.98. The maximum atomic E-state index is 12.9. The van der Waals surface area contributed by atoms with Gasteiger partial charge < -0.3 is 5.32 Å². The van der Waals surface area contributed by atoms with Crippen LogP contribution < -0.4 is 5.32 Å². The van der Waals surface area contributed by atoms with Gasteiger partial charge in [-0.15, -0.1) is 3.89 Å². The Morgan fingerprint density at radius 1 is 0.938 bits per heavy atom. The molecule has 0 atom stereocenters. The van der Waals surface area contributed by atoms with Gasteiger partial charge in [-0.2, -0.15) is 13.5 Å². The second kappa shape index (κ2) is 9.74. The summed E-state index contributed by atoms with van der Waals surface area (Å²) in [4.78, 5) is 4.13. The zero-order valence-electron chi connectivity index (χ0n) is 17.4. The summed E-state index contributed by atoms with van der Waals surface area (Å²) in [5, 5.41) is 7.74. The van der Waals surface area contributed by atoms with E-state index in [1.807, 2.05) is 65.5 Å². The van der Waals surface area contributed by atoms with E-state index >= 15 is 0 Å². The third-order valence-corrected chi connectivity index (χ3v) is 5.67. The molecule has 6 nitrogen and oxygen atoms in total. The van der Waals surface area contributed by atoms with Gasteiger partial charge in [-0.3, -0.25) is 9.67 Å². The van der Waals surface area contributed by atoms with E-state index in [1.165, 1.54) is 5.56 Å². The fraction of sp³-hybridized carbons (Fsp3) is 0.167. The summed E-state index contributed by atoms with van der Waals surface area (Å²) in [5.74, 6) is -0.590. The second-order valence-corrected chi connectivity index (χ2v) is 8.96. The first-order valence-corrected chi connectivity index (χ1v) is 11.8. The van der Waals surface area contributed by atoms with E-state index in [4.69, 9.17) is 5.10 Å². The lowest BCUT2D eigenvalue weighted by Gasteiger charge is -2.13. The Kier molecular flexibility index (Phi) is 6.61. The molecule has 0 spiro atoms. The number of halogens is 1. The number of anilines is 1. The van der Waals surface area contributed by atoms with Gasteiger partial charge in [0.25, 0.3) is 0 Å². The molecule has 0 aliphatic carbocycles. The average Bonchev–Trinajstić information content (AvgIpc) is 3.23. The Bertz CT molecular complexity index is 1280. The maximum Gasteiger partial charge on any atom is 0.304 e. The quantitative estimate of drug-likeness (QED) is 0.385. The van der Waals surface area contributed by atoms with E-state index in [1.54, 1.807) is 12.4 Å². The fourth-order valence-electron chi connectivity index (χ4n) is 3.48. The molecule has 0 unspecified atom stereocenters. The van der Waals surface area contributed by atoms with Crippen molar-refractivity contribution in [2.75, 3.05) is 17.6 Å². The van der Waals surface area contributed by atoms with Gasteiger partial charge in [0.2, 0.25) is 0 Å². The molecule has 32 heavy (non-hydrogen) atoms. The van der Waals surface area contributed by atoms with Crippen LogP contribution in [-0.4, -0.2) is 35.5 Å². The zero-order chi connectivity index (χ0) is 22.4. The number of nitrogens with zero attached hydrogens (tertiary/aromatic N) is 3. The molecule has 0 saturated carbocycles. The largest absolute Gasteiger partial charge is 0.383 e. The minimum atomic E-state index is -4.54. The Morgan fingerprint density at radius 3 is 2.50 bits per heavy atom. The van der Waals surface area contributed by atoms with Crippen molar-refractivity contribution in [1.29, 1.82) is 0 Å². The van der Waals surface area contributed by atoms with Crippen molar-refractivity contribution >= 4 is 15.9 Å². The predicted octanol–water partition coefficient (Wildman–Crippen LogP) is 4.30. The summed E-state index contributed by atoms with van der Waals surface area (Å²) in [6.45, 7) is 0.556. The minimum absolute atomic E-state index is 0.0275. The molecule has 0 amide bonds. The Balaban J connectivity index is 1.61. The molecule has 164 valence electrons. The molecule has 2 aromatic heterocycles. The predicted molar refractivity (Wildman–Crippen MR) is 124 cm³/mol. The highest BCUT2D eigenvalue weighted by Gasteiger charge is 2.12. The van der Waals surface area contributed by atoms with Crippen molar-refractivity contribution in [1.82, 2.24) is 14.8 Å². The van der Waals surface area contributed by atoms with Crippen LogP contribution in [0.4, 0.5) is 9.57 Å². The van der Waals surface area contributed by atoms with Crippen LogP contribution in [0.1, 0.15) is 16.7 Å². The van der Waals surface area contributed by atoms with E-state index in [9.17, 15) is 12.3 Å². The molecule has 0 bridgehead atoms. The number of nitrogens with one attached hydrogen (secondary N) is 1. The summed E-state index contributed by atoms with van der Waals surface area (Å²) in [7, 11) is -4.54. The van der Waals surface area contributed by atoms with Gasteiger partial charge in [0.05, 0.1) is 18.0 Å². The van der Waals surface area contributed by atoms with Crippen molar-refractivity contribution in [3.8, 4) is 11.3 Å². The standard InChI is InChI=1S/C24H23FN4O2S/c25-32(30,31)14-12-27-23-9-8-20(15-19-5-2-1-3-6-19)16-22(23)24-10-13-29(28-24)18-21-7-4-11-26-17-21/h1-11,13,16-17,27H,12,14-15,18H2. The molecule has 2 aromatic carbocycles. The topological polar surface area (TPSA) is 76.9 Å². The van der Waals surface area contributed by atoms with E-state index in [2.05, 4.69) is 22.4 Å². The third kappa shape index (κ3) is 6.01. The number of hydrogen-bond acceptors (Lipinski definition) is 5. The minimum Gasteiger partial charge on any atom is -0.383 e. The second-order valence-electron chi connectivity index (χ2n) is 7.47. The smallest absolute Gasteiger partial charge is 0.304 e. The van der Waals surface area contributed by atoms with Gasteiger partial charge in [-0.05, 0) is 47.4 Å². The van der Waals surface area contributed by atoms with E-state index in [-0.39, 0.29) is 6.54 Å². The van der Waals surface area contributed by atoms with Gasteiger partial charge in [0, 0.05) is 36.4 Å². The first kappa shape index (κ1) is 21.7. The molecule has 0 aliphatic heterocycles. The highest BCUT2D eigenvalue weighted by molar-refractivity contribution is 7.86. The van der Waals surface area contributed by atoms with Crippen molar-refractivity contribution in [2.24, 2.45) is 0 Å². The molecular weight excluding hydrogens is 427 g/mol. The summed E-state index contributed by atoms with van der Waals surface area (Å²) < 4.78 is 36.5. The van der Waals surface area contributed by atoms with Crippen LogP contribution in [0.25, 0.3) is 11.3 Å². The van der Waals surface area contributed by atoms with Gasteiger partial charge in [-0.1, -0.05) is 42.5 Å². The van der Waals surface area contributed by atoms with Gasteiger partial charge in [0.1, 0.15) is 0 Å². The van der Waals surface area contributed by atoms with Crippen molar-refractivity contribution in [2.45, 2.75) is 13.0 Å². The lowest BCUT2D eigenvalue weighted by molar-refractivity contribution is 0.552. The first-order chi connectivity index (χ1) is 15.5. The van der Waals surface area contributed by atoms with Crippen molar-refractivity contribution in [3.63, 3.8) is 0 Å². The number of pyridine rings is 1. The summed E-state index contributed by atoms with van der Waals surface area (Å²) in [6, 6.07) is 21.8. The molecule has 4 rings (SSSR count). The molecular formula is C24H23FN4O2S. The van der Waals surface area contributed by atoms with Crippen LogP contribution in [0.15, 0.2) is 85.3 Å². The lowest BCUT2D eigenvalue weighted by Crippen LogP contribution is -2.12. The highest BCUT2D eigenvalue weighted by Crippen LogP contribution is 2.29. The molecule has 0 fully saturated rings. The summed E-state index contributed by atoms with van der Waals surface area (Å²) in [5.41, 5.74) is 5.60. The highest BCUT2D eigenvalue weighted by atomic mass is 32.3. The summed E-state index contributed by atoms with van der Waals surface area (Å²) in [6.07, 6.45) is 6.17. The van der Waals surface area contributed by atoms with Gasteiger partial charge >= 0.3 is 10.2 Å². The van der Waals surface area contributed by atoms with Crippen molar-refractivity contribution < 1.29 is 12.3 Å². The average molecular weight is 451 g/mol. The van der Waals surface area contributed by atoms with Crippen LogP contribution in [0.5, 0.6) is 0 Å². The van der Waals surface area contributed by atoms with Crippen LogP contribution in [0.3, 0.4) is 0 Å². The van der Waals surface area contributed by atoms with Crippen LogP contribution >= 0.6 is 0 Å². The number of hydrogen-bond donors (Lipinski definition) is 1. The van der Waals surface area contributed by atoms with Crippen LogP contribution in [0, 0.1) is 0 Å². The molecule has 0 aliphatic rings. The van der Waals surface area contributed by atoms with E-state index in [0.717, 1.165) is 28.8 Å². The molecule has 1 N–H and O–H groups in total. The molecule has 2 heterocycles. The molecule has 0 saturated heterocycles. The number of benzene rings is 2. The van der Waals surface area contributed by atoms with Gasteiger partial charge in [-0.25, -0.2) is 0 Å². The summed E-state index contributed by atoms with van der Waals surface area (Å²) >= 11 is 0. The molecule has 8 heteroatoms. The van der Waals surface area contributed by atoms with E-state index in [0.29, 0.717) is 12.2 Å². The zero-order valence-corrected chi connectivity index (χ0v) is 18.2. The lowest BCUT2D eigenvalue weighted by atomic mass is 10.00. The normalized spacial score (nSPS) is 11.4. The molecule has 0 radical (unpaired) electrons. The van der Waals surface area contributed by atoms with E-state index < -0.39 is 16.0 Å². The first-order valence-electron chi connectivity index (χ1n) is 10.2. The maximum absolute atomic E-state index is 12.9. The SMILES string of the molecule is O=S(=O)(F)CCNc1ccc(Cc2ccccc2)cc1-c1ccn(Cc2cccnc2)n1. The Hall–Kier alpha value is -3.52. The van der Waals surface area contributed by atoms with Crippen LogP contribution in [0.2, 0.25) is 0 Å². The Labute approximate surface area is 187 Å². The number of aromatic nitrogens is 3. The van der Waals surface area contributed by atoms with Gasteiger partial charge in [0.15, 0.2) is 0 Å². The number of rotatable bonds is 9. The monoisotopic (exact) mass is 450 g/mol. The molecule has 4 aromatic rings. The van der Waals surface area contributed by atoms with Crippen molar-refractivity contribution in [3.05, 3.63) is 102 Å². The van der Waals surface area contributed by atoms with Crippen LogP contribution in [-0.2, 0) is 23.2 Å².